The van der Waals surface area contributed by atoms with Crippen LogP contribution >= 0.6 is 0 Å². The van der Waals surface area contributed by atoms with Gasteiger partial charge in [-0.2, -0.15) is 0 Å². The summed E-state index contributed by atoms with van der Waals surface area (Å²) in [7, 11) is 3.54. The van der Waals surface area contributed by atoms with Crippen molar-refractivity contribution in [1.29, 1.82) is 0 Å². The highest BCUT2D eigenvalue weighted by Gasteiger charge is 2.37. The van der Waals surface area contributed by atoms with Crippen molar-refractivity contribution < 1.29 is 14.0 Å². The number of aromatic nitrogens is 3. The summed E-state index contributed by atoms with van der Waals surface area (Å²) in [5, 5.41) is -0.746. The Morgan fingerprint density at radius 3 is 2.67 bits per heavy atom. The Labute approximate surface area is 264 Å². The number of allylic oxidation sites excluding steroid dienone is 1. The molecule has 2 aromatic carbocycles. The summed E-state index contributed by atoms with van der Waals surface area (Å²) < 4.78 is 17.4. The Morgan fingerprint density at radius 2 is 1.91 bits per heavy atom. The number of primary amides is 1. The maximum absolute atomic E-state index is 15.6. The number of carbonyl (C=O) groups is 2. The van der Waals surface area contributed by atoms with E-state index in [0.29, 0.717) is 53.8 Å². The van der Waals surface area contributed by atoms with E-state index in [1.807, 2.05) is 47.4 Å². The second-order valence-corrected chi connectivity index (χ2v) is 13.0. The van der Waals surface area contributed by atoms with Gasteiger partial charge >= 0.3 is 0 Å². The number of hydrogen-bond acceptors (Lipinski definition) is 4. The molecule has 0 saturated heterocycles. The number of imidazole rings is 1. The SMILES string of the molecule is C[C@@H]1c2ccccc2CCN1C(=O)c1cc(-c2cccnc2)c2nc(-c3ccc(C=C4CCC([Si])(C(N)=O)C4)cc3F)cn2c1. The lowest BCUT2D eigenvalue weighted by Crippen LogP contribution is -2.38. The molecule has 2 aliphatic rings. The maximum atomic E-state index is 15.6. The Morgan fingerprint density at radius 1 is 1.07 bits per heavy atom. The average molecular weight is 613 g/mol. The Balaban J connectivity index is 1.25. The monoisotopic (exact) mass is 612 g/mol. The van der Waals surface area contributed by atoms with Gasteiger partial charge < -0.3 is 15.0 Å². The number of fused-ring (bicyclic) bond motifs is 2. The zero-order valence-electron chi connectivity index (χ0n) is 24.8. The van der Waals surface area contributed by atoms with E-state index in [9.17, 15) is 9.59 Å². The van der Waals surface area contributed by atoms with E-state index >= 15 is 4.39 Å². The highest BCUT2D eigenvalue weighted by atomic mass is 28.1. The molecule has 1 aliphatic heterocycles. The Bertz CT molecular complexity index is 2010. The summed E-state index contributed by atoms with van der Waals surface area (Å²) in [6.07, 6.45) is 11.5. The second-order valence-electron chi connectivity index (χ2n) is 12.0. The van der Waals surface area contributed by atoms with Gasteiger partial charge in [-0.25, -0.2) is 9.37 Å². The number of nitrogens with zero attached hydrogens (tertiary/aromatic N) is 4. The molecule has 3 aromatic heterocycles. The third-order valence-electron chi connectivity index (χ3n) is 9.14. The number of hydrogen-bond donors (Lipinski definition) is 1. The third-order valence-corrected chi connectivity index (χ3v) is 9.81. The van der Waals surface area contributed by atoms with E-state index < -0.39 is 10.9 Å². The summed E-state index contributed by atoms with van der Waals surface area (Å²) in [6.45, 7) is 2.69. The van der Waals surface area contributed by atoms with Gasteiger partial charge in [0.15, 0.2) is 0 Å². The minimum absolute atomic E-state index is 0.0632. The summed E-state index contributed by atoms with van der Waals surface area (Å²) in [5.41, 5.74) is 13.2. The van der Waals surface area contributed by atoms with E-state index in [1.165, 1.54) is 11.6 Å². The van der Waals surface area contributed by atoms with Gasteiger partial charge in [0.05, 0.1) is 17.3 Å². The van der Waals surface area contributed by atoms with Crippen molar-refractivity contribution in [1.82, 2.24) is 19.3 Å². The molecule has 2 atom stereocenters. The van der Waals surface area contributed by atoms with Crippen molar-refractivity contribution in [3.63, 3.8) is 0 Å². The molecule has 1 unspecified atom stereocenters. The molecule has 4 heterocycles. The molecule has 3 radical (unpaired) electrons. The van der Waals surface area contributed by atoms with Crippen LogP contribution in [0.1, 0.15) is 59.3 Å². The highest BCUT2D eigenvalue weighted by molar-refractivity contribution is 6.28. The predicted octanol–water partition coefficient (Wildman–Crippen LogP) is 6.34. The predicted molar refractivity (Wildman–Crippen MR) is 173 cm³/mol. The minimum Gasteiger partial charge on any atom is -0.369 e. The molecular weight excluding hydrogens is 582 g/mol. The first-order chi connectivity index (χ1) is 21.7. The fraction of sp³-hybridized carbons (Fsp3) is 0.222. The molecule has 2 amide bonds. The summed E-state index contributed by atoms with van der Waals surface area (Å²) in [5.74, 6) is -0.869. The van der Waals surface area contributed by atoms with Crippen molar-refractivity contribution in [2.45, 2.75) is 43.7 Å². The van der Waals surface area contributed by atoms with Gasteiger partial charge in [0.1, 0.15) is 11.5 Å². The van der Waals surface area contributed by atoms with Crippen LogP contribution in [0.2, 0.25) is 5.04 Å². The largest absolute Gasteiger partial charge is 0.369 e. The first-order valence-corrected chi connectivity index (χ1v) is 15.6. The van der Waals surface area contributed by atoms with Gasteiger partial charge in [-0.05, 0) is 73.6 Å². The number of benzene rings is 2. The number of carbonyl (C=O) groups excluding carboxylic acids is 2. The van der Waals surface area contributed by atoms with Gasteiger partial charge in [0.2, 0.25) is 5.91 Å². The van der Waals surface area contributed by atoms with E-state index in [2.05, 4.69) is 34.3 Å². The van der Waals surface area contributed by atoms with Gasteiger partial charge in [-0.3, -0.25) is 14.6 Å². The lowest BCUT2D eigenvalue weighted by Gasteiger charge is -2.35. The van der Waals surface area contributed by atoms with Crippen LogP contribution in [0.15, 0.2) is 91.0 Å². The smallest absolute Gasteiger partial charge is 0.255 e. The normalized spacial score (nSPS) is 20.5. The minimum atomic E-state index is -0.746. The van der Waals surface area contributed by atoms with Gasteiger partial charge in [-0.15, -0.1) is 0 Å². The molecule has 1 fully saturated rings. The van der Waals surface area contributed by atoms with Gasteiger partial charge in [-0.1, -0.05) is 48.0 Å². The standard InChI is InChI=1S/C36H31FN5O2Si/c1-22-28-7-3-2-5-25(28)11-14-42(22)34(43)27-17-30(26-6-4-13-39-19-26)33-40-32(21-41(33)20-27)29-9-8-23(16-31(29)37)15-24-10-12-36(45,18-24)35(38)44/h2-9,13,15-17,19-22H,10-12,14,18H2,1H3,(H2,38,44)/t22-,36?/m1/s1. The lowest BCUT2D eigenvalue weighted by molar-refractivity contribution is -0.120. The van der Waals surface area contributed by atoms with Crippen LogP contribution in [0.4, 0.5) is 4.39 Å². The van der Waals surface area contributed by atoms with Crippen LogP contribution in [-0.4, -0.2) is 47.9 Å². The zero-order chi connectivity index (χ0) is 31.3. The van der Waals surface area contributed by atoms with E-state index in [1.54, 1.807) is 35.3 Å². The molecule has 7 nitrogen and oxygen atoms in total. The van der Waals surface area contributed by atoms with Crippen molar-refractivity contribution >= 4 is 33.8 Å². The van der Waals surface area contributed by atoms with Crippen LogP contribution < -0.4 is 5.73 Å². The lowest BCUT2D eigenvalue weighted by atomic mass is 9.93. The molecule has 5 aromatic rings. The zero-order valence-corrected chi connectivity index (χ0v) is 25.8. The van der Waals surface area contributed by atoms with Crippen molar-refractivity contribution in [2.75, 3.05) is 6.54 Å². The third kappa shape index (κ3) is 5.27. The van der Waals surface area contributed by atoms with Crippen LogP contribution in [0, 0.1) is 5.82 Å². The molecule has 9 heteroatoms. The van der Waals surface area contributed by atoms with Crippen molar-refractivity contribution in [3.8, 4) is 22.4 Å². The number of rotatable bonds is 5. The van der Waals surface area contributed by atoms with Crippen LogP contribution in [0.5, 0.6) is 0 Å². The molecule has 2 N–H and O–H groups in total. The van der Waals surface area contributed by atoms with Crippen molar-refractivity contribution in [2.24, 2.45) is 5.73 Å². The molecule has 1 aliphatic carbocycles. The highest BCUT2D eigenvalue weighted by Crippen LogP contribution is 2.45. The average Bonchev–Trinajstić information content (AvgIpc) is 3.65. The first-order valence-electron chi connectivity index (χ1n) is 15.1. The van der Waals surface area contributed by atoms with E-state index in [4.69, 9.17) is 10.7 Å². The maximum Gasteiger partial charge on any atom is 0.255 e. The molecule has 0 bridgehead atoms. The van der Waals surface area contributed by atoms with Gasteiger partial charge in [0, 0.05) is 63.3 Å². The Kier molecular flexibility index (Phi) is 7.20. The van der Waals surface area contributed by atoms with E-state index in [0.717, 1.165) is 28.7 Å². The number of amides is 2. The molecule has 45 heavy (non-hydrogen) atoms. The molecule has 1 saturated carbocycles. The summed E-state index contributed by atoms with van der Waals surface area (Å²) >= 11 is 0. The topological polar surface area (TPSA) is 93.6 Å². The van der Waals surface area contributed by atoms with Crippen LogP contribution in [0.3, 0.4) is 0 Å². The van der Waals surface area contributed by atoms with Crippen molar-refractivity contribution in [3.05, 3.63) is 119 Å². The Hall–Kier alpha value is -4.89. The number of pyridine rings is 2. The van der Waals surface area contributed by atoms with Crippen LogP contribution in [0.25, 0.3) is 34.1 Å². The van der Waals surface area contributed by atoms with E-state index in [-0.39, 0.29) is 17.9 Å². The second kappa shape index (κ2) is 11.2. The number of halogens is 1. The quantitative estimate of drug-likeness (QED) is 0.235. The van der Waals surface area contributed by atoms with Gasteiger partial charge in [0.25, 0.3) is 5.91 Å². The molecule has 223 valence electrons. The summed E-state index contributed by atoms with van der Waals surface area (Å²) in [4.78, 5) is 36.9. The summed E-state index contributed by atoms with van der Waals surface area (Å²) in [6, 6.07) is 18.9. The first kappa shape index (κ1) is 28.9. The molecule has 0 spiro atoms. The fourth-order valence-corrected chi connectivity index (χ4v) is 6.98. The number of nitrogens with two attached hydrogens (primary N) is 1. The molecular formula is C36H31FN5O2Si. The molecule has 7 rings (SSSR count). The van der Waals surface area contributed by atoms with Crippen LogP contribution in [-0.2, 0) is 11.2 Å². The fourth-order valence-electron chi connectivity index (χ4n) is 6.63.